The van der Waals surface area contributed by atoms with E-state index in [2.05, 4.69) is 22.8 Å². The van der Waals surface area contributed by atoms with Gasteiger partial charge in [-0.25, -0.2) is 0 Å². The van der Waals surface area contributed by atoms with Gasteiger partial charge in [-0.3, -0.25) is 4.79 Å². The Balaban J connectivity index is 2.08. The Morgan fingerprint density at radius 3 is 2.39 bits per heavy atom. The first kappa shape index (κ1) is 17.0. The van der Waals surface area contributed by atoms with E-state index in [0.717, 1.165) is 28.1 Å². The molecule has 1 amide bonds. The predicted molar refractivity (Wildman–Crippen MR) is 94.7 cm³/mol. The van der Waals surface area contributed by atoms with Crippen LogP contribution < -0.4 is 10.6 Å². The molecule has 23 heavy (non-hydrogen) atoms. The van der Waals surface area contributed by atoms with E-state index in [4.69, 9.17) is 0 Å². The predicted octanol–water partition coefficient (Wildman–Crippen LogP) is 3.54. The molecule has 2 rings (SSSR count). The van der Waals surface area contributed by atoms with Crippen molar-refractivity contribution in [2.45, 2.75) is 40.3 Å². The van der Waals surface area contributed by atoms with E-state index in [1.165, 1.54) is 5.56 Å². The fourth-order valence-electron chi connectivity index (χ4n) is 2.68. The lowest BCUT2D eigenvalue weighted by Gasteiger charge is -2.18. The van der Waals surface area contributed by atoms with E-state index in [1.807, 2.05) is 52.0 Å². The number of carbonyl (C=O) groups is 1. The molecule has 4 nitrogen and oxygen atoms in total. The molecule has 0 saturated carbocycles. The highest BCUT2D eigenvalue weighted by atomic mass is 16.3. The lowest BCUT2D eigenvalue weighted by Crippen LogP contribution is -2.32. The van der Waals surface area contributed by atoms with Gasteiger partial charge in [-0.1, -0.05) is 29.8 Å². The van der Waals surface area contributed by atoms with Crippen LogP contribution in [-0.4, -0.2) is 17.1 Å². The first-order valence-electron chi connectivity index (χ1n) is 7.75. The summed E-state index contributed by atoms with van der Waals surface area (Å²) in [5, 5.41) is 15.3. The van der Waals surface area contributed by atoms with Crippen molar-refractivity contribution in [3.63, 3.8) is 0 Å². The number of aryl methyl sites for hydroxylation is 3. The van der Waals surface area contributed by atoms with Crippen LogP contribution in [-0.2, 0) is 11.4 Å². The third-order valence-corrected chi connectivity index (χ3v) is 3.81. The third-order valence-electron chi connectivity index (χ3n) is 3.81. The summed E-state index contributed by atoms with van der Waals surface area (Å²) in [6, 6.07) is 11.2. The van der Waals surface area contributed by atoms with Gasteiger partial charge in [0, 0.05) is 11.4 Å². The van der Waals surface area contributed by atoms with Gasteiger partial charge in [0.15, 0.2) is 0 Å². The van der Waals surface area contributed by atoms with Gasteiger partial charge in [0.25, 0.3) is 0 Å². The minimum Gasteiger partial charge on any atom is -0.392 e. The van der Waals surface area contributed by atoms with Gasteiger partial charge in [0.05, 0.1) is 6.61 Å². The van der Waals surface area contributed by atoms with E-state index in [-0.39, 0.29) is 18.6 Å². The minimum atomic E-state index is -0.385. The van der Waals surface area contributed by atoms with Crippen molar-refractivity contribution in [2.75, 3.05) is 10.6 Å². The summed E-state index contributed by atoms with van der Waals surface area (Å²) in [6.45, 7) is 7.85. The normalized spacial score (nSPS) is 11.9. The fourth-order valence-corrected chi connectivity index (χ4v) is 2.68. The van der Waals surface area contributed by atoms with Crippen molar-refractivity contribution in [3.8, 4) is 0 Å². The molecule has 0 heterocycles. The maximum absolute atomic E-state index is 12.4. The summed E-state index contributed by atoms with van der Waals surface area (Å²) in [7, 11) is 0. The van der Waals surface area contributed by atoms with Crippen LogP contribution in [0, 0.1) is 20.8 Å². The second kappa shape index (κ2) is 7.29. The van der Waals surface area contributed by atoms with Gasteiger partial charge in [-0.15, -0.1) is 0 Å². The first-order valence-corrected chi connectivity index (χ1v) is 7.75. The van der Waals surface area contributed by atoms with Gasteiger partial charge >= 0.3 is 0 Å². The summed E-state index contributed by atoms with van der Waals surface area (Å²) in [6.07, 6.45) is 0. The van der Waals surface area contributed by atoms with Crippen LogP contribution in [0.4, 0.5) is 11.4 Å². The number of rotatable bonds is 5. The number of hydrogen-bond acceptors (Lipinski definition) is 3. The number of aliphatic hydroxyl groups is 1. The number of anilines is 2. The van der Waals surface area contributed by atoms with Crippen LogP contribution in [0.5, 0.6) is 0 Å². The largest absolute Gasteiger partial charge is 0.392 e. The molecule has 0 fully saturated rings. The summed E-state index contributed by atoms with van der Waals surface area (Å²) in [5.74, 6) is -0.0885. The Morgan fingerprint density at radius 2 is 1.78 bits per heavy atom. The van der Waals surface area contributed by atoms with E-state index in [0.29, 0.717) is 0 Å². The number of benzene rings is 2. The zero-order valence-electron chi connectivity index (χ0n) is 14.1. The Kier molecular flexibility index (Phi) is 5.40. The fraction of sp³-hybridized carbons (Fsp3) is 0.316. The summed E-state index contributed by atoms with van der Waals surface area (Å²) >= 11 is 0. The first-order chi connectivity index (χ1) is 10.9. The van der Waals surface area contributed by atoms with Crippen molar-refractivity contribution < 1.29 is 9.90 Å². The number of carbonyl (C=O) groups excluding carboxylic acids is 1. The van der Waals surface area contributed by atoms with Gasteiger partial charge in [-0.2, -0.15) is 0 Å². The quantitative estimate of drug-likeness (QED) is 0.791. The molecule has 0 aliphatic heterocycles. The molecule has 2 aromatic rings. The molecule has 122 valence electrons. The lowest BCUT2D eigenvalue weighted by atomic mass is 10.0. The number of hydrogen-bond donors (Lipinski definition) is 3. The Morgan fingerprint density at radius 1 is 1.13 bits per heavy atom. The maximum atomic E-state index is 12.4. The monoisotopic (exact) mass is 312 g/mol. The average Bonchev–Trinajstić information content (AvgIpc) is 2.50. The molecular formula is C19H24N2O2. The zero-order valence-corrected chi connectivity index (χ0v) is 14.1. The zero-order chi connectivity index (χ0) is 17.0. The number of amides is 1. The van der Waals surface area contributed by atoms with E-state index >= 15 is 0 Å². The molecule has 0 saturated heterocycles. The van der Waals surface area contributed by atoms with Gasteiger partial charge in [0.1, 0.15) is 6.04 Å². The van der Waals surface area contributed by atoms with Gasteiger partial charge in [-0.05, 0) is 56.5 Å². The topological polar surface area (TPSA) is 61.4 Å². The van der Waals surface area contributed by atoms with Gasteiger partial charge < -0.3 is 15.7 Å². The minimum absolute atomic E-state index is 0.0160. The van der Waals surface area contributed by atoms with Crippen molar-refractivity contribution in [1.29, 1.82) is 0 Å². The van der Waals surface area contributed by atoms with Gasteiger partial charge in [0.2, 0.25) is 5.91 Å². The van der Waals surface area contributed by atoms with Crippen LogP contribution in [0.3, 0.4) is 0 Å². The van der Waals surface area contributed by atoms with E-state index < -0.39 is 0 Å². The van der Waals surface area contributed by atoms with Crippen molar-refractivity contribution in [3.05, 3.63) is 58.7 Å². The molecule has 0 unspecified atom stereocenters. The maximum Gasteiger partial charge on any atom is 0.246 e. The molecule has 1 atom stereocenters. The lowest BCUT2D eigenvalue weighted by molar-refractivity contribution is -0.116. The van der Waals surface area contributed by atoms with Crippen molar-refractivity contribution >= 4 is 17.3 Å². The van der Waals surface area contributed by atoms with Crippen LogP contribution in [0.25, 0.3) is 0 Å². The smallest absolute Gasteiger partial charge is 0.246 e. The summed E-state index contributed by atoms with van der Waals surface area (Å²) < 4.78 is 0. The van der Waals surface area contributed by atoms with Crippen LogP contribution >= 0.6 is 0 Å². The van der Waals surface area contributed by atoms with Crippen LogP contribution in [0.15, 0.2) is 36.4 Å². The SMILES string of the molecule is Cc1cc(C)c(NC(=O)[C@H](C)Nc2cccc(CO)c2)c(C)c1. The van der Waals surface area contributed by atoms with Crippen molar-refractivity contribution in [2.24, 2.45) is 0 Å². The Hall–Kier alpha value is -2.33. The molecule has 0 aliphatic carbocycles. The number of nitrogens with one attached hydrogen (secondary N) is 2. The van der Waals surface area contributed by atoms with E-state index in [9.17, 15) is 9.90 Å². The molecule has 2 aromatic carbocycles. The van der Waals surface area contributed by atoms with Crippen molar-refractivity contribution in [1.82, 2.24) is 0 Å². The number of aliphatic hydroxyl groups excluding tert-OH is 1. The molecule has 0 aromatic heterocycles. The van der Waals surface area contributed by atoms with Crippen LogP contribution in [0.1, 0.15) is 29.2 Å². The standard InChI is InChI=1S/C19H24N2O2/c1-12-8-13(2)18(14(3)9-12)21-19(23)15(4)20-17-7-5-6-16(10-17)11-22/h5-10,15,20,22H,11H2,1-4H3,(H,21,23)/t15-/m0/s1. The Labute approximate surface area is 137 Å². The third kappa shape index (κ3) is 4.33. The molecule has 0 aliphatic rings. The second-order valence-corrected chi connectivity index (χ2v) is 5.99. The van der Waals surface area contributed by atoms with Crippen LogP contribution in [0.2, 0.25) is 0 Å². The molecule has 3 N–H and O–H groups in total. The highest BCUT2D eigenvalue weighted by molar-refractivity contribution is 5.97. The Bertz CT molecular complexity index is 687. The molecule has 0 spiro atoms. The molecular weight excluding hydrogens is 288 g/mol. The molecule has 4 heteroatoms. The summed E-state index contributed by atoms with van der Waals surface area (Å²) in [4.78, 5) is 12.4. The second-order valence-electron chi connectivity index (χ2n) is 5.99. The average molecular weight is 312 g/mol. The highest BCUT2D eigenvalue weighted by Gasteiger charge is 2.15. The molecule has 0 radical (unpaired) electrons. The molecule has 0 bridgehead atoms. The summed E-state index contributed by atoms with van der Waals surface area (Å²) in [5.41, 5.74) is 5.81. The highest BCUT2D eigenvalue weighted by Crippen LogP contribution is 2.22. The van der Waals surface area contributed by atoms with E-state index in [1.54, 1.807) is 0 Å².